The second-order valence-electron chi connectivity index (χ2n) is 10.4. The standard InChI is InChI=1S/C27H39N5O7/c1-3-4-10-30(13-9-28)24(34)16-31-15-19(18-5-6-21-22(14-18)39-17-38-21)25(26(35)36)20(31)7-12-32-23(33)8-11-29(2)27(32)37/h5-6,14,19-20,25H,3-4,7-13,15-17,28H2,1-2H3,(H,35,36)/t19-,20+,25-/m1/s1. The average molecular weight is 546 g/mol. The first kappa shape index (κ1) is 28.6. The number of imide groups is 1. The topological polar surface area (TPSA) is 146 Å². The van der Waals surface area contributed by atoms with Gasteiger partial charge >= 0.3 is 12.0 Å². The van der Waals surface area contributed by atoms with E-state index >= 15 is 0 Å². The van der Waals surface area contributed by atoms with Crippen molar-refractivity contribution in [2.24, 2.45) is 11.7 Å². The lowest BCUT2D eigenvalue weighted by atomic mass is 9.84. The number of fused-ring (bicyclic) bond motifs is 1. The number of likely N-dealkylation sites (tertiary alicyclic amines) is 1. The fourth-order valence-corrected chi connectivity index (χ4v) is 5.76. The van der Waals surface area contributed by atoms with Gasteiger partial charge in [0, 0.05) is 64.7 Å². The summed E-state index contributed by atoms with van der Waals surface area (Å²) in [6, 6.07) is 4.46. The molecule has 0 bridgehead atoms. The van der Waals surface area contributed by atoms with Crippen molar-refractivity contribution >= 4 is 23.8 Å². The van der Waals surface area contributed by atoms with Crippen LogP contribution in [0.15, 0.2) is 18.2 Å². The monoisotopic (exact) mass is 545 g/mol. The molecule has 0 radical (unpaired) electrons. The maximum Gasteiger partial charge on any atom is 0.326 e. The first-order valence-corrected chi connectivity index (χ1v) is 13.6. The number of nitrogens with two attached hydrogens (primary N) is 1. The molecule has 1 aromatic carbocycles. The fourth-order valence-electron chi connectivity index (χ4n) is 5.76. The molecule has 2 saturated heterocycles. The molecule has 3 atom stereocenters. The Balaban J connectivity index is 1.60. The quantitative estimate of drug-likeness (QED) is 0.395. The number of carbonyl (C=O) groups is 4. The van der Waals surface area contributed by atoms with Gasteiger partial charge in [0.25, 0.3) is 0 Å². The molecule has 12 nitrogen and oxygen atoms in total. The predicted octanol–water partition coefficient (Wildman–Crippen LogP) is 1.15. The molecule has 0 aromatic heterocycles. The van der Waals surface area contributed by atoms with Gasteiger partial charge in [0.1, 0.15) is 0 Å². The highest BCUT2D eigenvalue weighted by atomic mass is 16.7. The van der Waals surface area contributed by atoms with Gasteiger partial charge < -0.3 is 30.1 Å². The van der Waals surface area contributed by atoms with Crippen LogP contribution >= 0.6 is 0 Å². The van der Waals surface area contributed by atoms with Gasteiger partial charge in [0.2, 0.25) is 18.6 Å². The van der Waals surface area contributed by atoms with Crippen LogP contribution in [0.3, 0.4) is 0 Å². The minimum Gasteiger partial charge on any atom is -0.481 e. The van der Waals surface area contributed by atoms with Crippen LogP contribution in [-0.4, -0.2) is 114 Å². The molecule has 0 saturated carbocycles. The molecule has 1 aromatic rings. The van der Waals surface area contributed by atoms with E-state index in [1.165, 1.54) is 9.80 Å². The van der Waals surface area contributed by atoms with Crippen LogP contribution in [0, 0.1) is 5.92 Å². The summed E-state index contributed by atoms with van der Waals surface area (Å²) < 4.78 is 10.9. The van der Waals surface area contributed by atoms with Crippen LogP contribution in [0.25, 0.3) is 0 Å². The summed E-state index contributed by atoms with van der Waals surface area (Å²) in [4.78, 5) is 57.6. The predicted molar refractivity (Wildman–Crippen MR) is 141 cm³/mol. The molecule has 39 heavy (non-hydrogen) atoms. The smallest absolute Gasteiger partial charge is 0.326 e. The minimum absolute atomic E-state index is 0.0288. The number of nitrogens with zero attached hydrogens (tertiary/aromatic N) is 4. The Bertz CT molecular complexity index is 1080. The third-order valence-electron chi connectivity index (χ3n) is 7.90. The Labute approximate surface area is 228 Å². The molecule has 3 N–H and O–H groups in total. The number of aliphatic carboxylic acids is 1. The van der Waals surface area contributed by atoms with Gasteiger partial charge in [-0.15, -0.1) is 0 Å². The van der Waals surface area contributed by atoms with Crippen LogP contribution in [0.5, 0.6) is 11.5 Å². The van der Waals surface area contributed by atoms with E-state index in [1.807, 2.05) is 11.0 Å². The summed E-state index contributed by atoms with van der Waals surface area (Å²) in [6.45, 7) is 4.31. The molecule has 12 heteroatoms. The zero-order chi connectivity index (χ0) is 28.1. The third-order valence-corrected chi connectivity index (χ3v) is 7.90. The number of ether oxygens (including phenoxy) is 2. The van der Waals surface area contributed by atoms with Crippen LogP contribution < -0.4 is 15.2 Å². The van der Waals surface area contributed by atoms with Gasteiger partial charge in [-0.1, -0.05) is 19.4 Å². The van der Waals surface area contributed by atoms with Crippen molar-refractivity contribution < 1.29 is 33.8 Å². The molecule has 214 valence electrons. The van der Waals surface area contributed by atoms with Crippen LogP contribution in [-0.2, 0) is 14.4 Å². The van der Waals surface area contributed by atoms with E-state index in [1.54, 1.807) is 24.1 Å². The van der Waals surface area contributed by atoms with Gasteiger partial charge in [0.05, 0.1) is 12.5 Å². The van der Waals surface area contributed by atoms with Crippen molar-refractivity contribution in [2.45, 2.75) is 44.6 Å². The fraction of sp³-hybridized carbons (Fsp3) is 0.630. The lowest BCUT2D eigenvalue weighted by Gasteiger charge is -2.34. The van der Waals surface area contributed by atoms with Crippen LogP contribution in [0.2, 0.25) is 0 Å². The molecular weight excluding hydrogens is 506 g/mol. The Hall–Kier alpha value is -3.38. The summed E-state index contributed by atoms with van der Waals surface area (Å²) in [5.74, 6) is -1.49. The van der Waals surface area contributed by atoms with Gasteiger partial charge in [0.15, 0.2) is 11.5 Å². The Morgan fingerprint density at radius 3 is 2.67 bits per heavy atom. The van der Waals surface area contributed by atoms with E-state index in [-0.39, 0.29) is 50.6 Å². The van der Waals surface area contributed by atoms with Gasteiger partial charge in [-0.3, -0.25) is 24.2 Å². The molecule has 0 unspecified atom stereocenters. The number of unbranched alkanes of at least 4 members (excludes halogenated alkanes) is 1. The third kappa shape index (κ3) is 6.27. The van der Waals surface area contributed by atoms with Crippen molar-refractivity contribution in [2.75, 3.05) is 59.7 Å². The van der Waals surface area contributed by atoms with E-state index in [0.717, 1.165) is 18.4 Å². The van der Waals surface area contributed by atoms with Gasteiger partial charge in [-0.2, -0.15) is 0 Å². The van der Waals surface area contributed by atoms with Crippen molar-refractivity contribution in [3.8, 4) is 11.5 Å². The second-order valence-corrected chi connectivity index (χ2v) is 10.4. The van der Waals surface area contributed by atoms with E-state index < -0.39 is 23.8 Å². The lowest BCUT2D eigenvalue weighted by Crippen LogP contribution is -2.52. The maximum absolute atomic E-state index is 13.4. The largest absolute Gasteiger partial charge is 0.481 e. The molecule has 4 rings (SSSR count). The van der Waals surface area contributed by atoms with Crippen molar-refractivity contribution in [1.29, 1.82) is 0 Å². The summed E-state index contributed by atoms with van der Waals surface area (Å²) in [5.41, 5.74) is 6.54. The molecule has 3 aliphatic rings. The summed E-state index contributed by atoms with van der Waals surface area (Å²) in [6.07, 6.45) is 2.24. The van der Waals surface area contributed by atoms with E-state index in [0.29, 0.717) is 44.2 Å². The second kappa shape index (κ2) is 12.6. The number of hydrogen-bond donors (Lipinski definition) is 2. The van der Waals surface area contributed by atoms with E-state index in [2.05, 4.69) is 6.92 Å². The zero-order valence-corrected chi connectivity index (χ0v) is 22.7. The maximum atomic E-state index is 13.4. The van der Waals surface area contributed by atoms with E-state index in [9.17, 15) is 24.3 Å². The Morgan fingerprint density at radius 2 is 1.95 bits per heavy atom. The summed E-state index contributed by atoms with van der Waals surface area (Å²) >= 11 is 0. The highest BCUT2D eigenvalue weighted by Crippen LogP contribution is 2.42. The zero-order valence-electron chi connectivity index (χ0n) is 22.7. The SMILES string of the molecule is CCCCN(CCN)C(=O)CN1C[C@H](c2ccc3c(c2)OCO3)[C@@H](C(=O)O)[C@@H]1CCN1C(=O)CCN(C)C1=O. The molecule has 2 fully saturated rings. The normalized spacial score (nSPS) is 23.0. The van der Waals surface area contributed by atoms with E-state index in [4.69, 9.17) is 15.2 Å². The number of amides is 4. The van der Waals surface area contributed by atoms with Gasteiger partial charge in [-0.05, 0) is 30.5 Å². The molecule has 4 amide bonds. The average Bonchev–Trinajstić information content (AvgIpc) is 3.53. The van der Waals surface area contributed by atoms with Crippen molar-refractivity contribution in [3.63, 3.8) is 0 Å². The first-order chi connectivity index (χ1) is 18.7. The highest BCUT2D eigenvalue weighted by Gasteiger charge is 2.48. The molecule has 0 aliphatic carbocycles. The first-order valence-electron chi connectivity index (χ1n) is 13.6. The number of carboxylic acids is 1. The highest BCUT2D eigenvalue weighted by molar-refractivity contribution is 5.96. The number of carboxylic acid groups (broad SMARTS) is 1. The molecule has 3 aliphatic heterocycles. The minimum atomic E-state index is -0.990. The number of carbonyl (C=O) groups excluding carboxylic acids is 3. The lowest BCUT2D eigenvalue weighted by molar-refractivity contribution is -0.144. The van der Waals surface area contributed by atoms with Crippen molar-refractivity contribution in [3.05, 3.63) is 23.8 Å². The number of hydrogen-bond acceptors (Lipinski definition) is 8. The number of urea groups is 1. The molecule has 0 spiro atoms. The van der Waals surface area contributed by atoms with Crippen LogP contribution in [0.4, 0.5) is 4.79 Å². The number of rotatable bonds is 12. The summed E-state index contributed by atoms with van der Waals surface area (Å²) in [5, 5.41) is 10.4. The van der Waals surface area contributed by atoms with Crippen LogP contribution in [0.1, 0.15) is 44.1 Å². The summed E-state index contributed by atoms with van der Waals surface area (Å²) in [7, 11) is 1.64. The van der Waals surface area contributed by atoms with Crippen molar-refractivity contribution in [1.82, 2.24) is 19.6 Å². The number of benzene rings is 1. The Morgan fingerprint density at radius 1 is 1.18 bits per heavy atom. The van der Waals surface area contributed by atoms with Gasteiger partial charge in [-0.25, -0.2) is 4.79 Å². The Kier molecular flexibility index (Phi) is 9.28. The molecular formula is C27H39N5O7. The molecule has 3 heterocycles.